The minimum absolute atomic E-state index is 0.963. The minimum atomic E-state index is -0.963. The van der Waals surface area contributed by atoms with E-state index in [2.05, 4.69) is 0 Å². The highest BCUT2D eigenvalue weighted by Crippen LogP contribution is 1.95. The smallest absolute Gasteiger partial charge is 0.209 e. The highest BCUT2D eigenvalue weighted by atomic mass is 19.1. The standard InChI is InChI=1S/C5H13FN2/c1-7(2)5(6)8(3)4/h5H,1-4H3. The topological polar surface area (TPSA) is 6.48 Å². The molecule has 0 aromatic carbocycles. The first kappa shape index (κ1) is 7.85. The van der Waals surface area contributed by atoms with Gasteiger partial charge in [-0.3, -0.25) is 9.80 Å². The lowest BCUT2D eigenvalue weighted by Gasteiger charge is -2.21. The van der Waals surface area contributed by atoms with Crippen molar-refractivity contribution < 1.29 is 4.39 Å². The van der Waals surface area contributed by atoms with Crippen LogP contribution in [0.4, 0.5) is 4.39 Å². The summed E-state index contributed by atoms with van der Waals surface area (Å²) in [5, 5.41) is 0. The van der Waals surface area contributed by atoms with Crippen molar-refractivity contribution in [3.8, 4) is 0 Å². The predicted octanol–water partition coefficient (Wildman–Crippen LogP) is 0.363. The first-order valence-electron chi connectivity index (χ1n) is 2.52. The van der Waals surface area contributed by atoms with Gasteiger partial charge in [-0.05, 0) is 28.2 Å². The number of alkyl halides is 1. The van der Waals surface area contributed by atoms with E-state index in [0.717, 1.165) is 0 Å². The fourth-order valence-corrected chi connectivity index (χ4v) is 0.462. The molecule has 0 aromatic heterocycles. The Balaban J connectivity index is 3.46. The van der Waals surface area contributed by atoms with Crippen molar-refractivity contribution in [3.63, 3.8) is 0 Å². The SMILES string of the molecule is CN(C)C(F)N(C)C. The molecule has 0 fully saturated rings. The average molecular weight is 120 g/mol. The number of hydrogen-bond acceptors (Lipinski definition) is 2. The van der Waals surface area contributed by atoms with Gasteiger partial charge in [0.2, 0.25) is 6.42 Å². The first-order chi connectivity index (χ1) is 3.55. The summed E-state index contributed by atoms with van der Waals surface area (Å²) in [5.74, 6) is 0. The largest absolute Gasteiger partial charge is 0.268 e. The molecule has 0 aliphatic heterocycles. The molecule has 50 valence electrons. The van der Waals surface area contributed by atoms with Gasteiger partial charge in [-0.1, -0.05) is 0 Å². The van der Waals surface area contributed by atoms with Crippen molar-refractivity contribution in [2.24, 2.45) is 0 Å². The third kappa shape index (κ3) is 2.23. The number of rotatable bonds is 2. The van der Waals surface area contributed by atoms with Crippen molar-refractivity contribution >= 4 is 0 Å². The Morgan fingerprint density at radius 2 is 1.25 bits per heavy atom. The molecule has 2 nitrogen and oxygen atoms in total. The highest BCUT2D eigenvalue weighted by Gasteiger charge is 2.08. The molecule has 0 rings (SSSR count). The molecule has 0 aliphatic rings. The lowest BCUT2D eigenvalue weighted by molar-refractivity contribution is 0.00897. The lowest BCUT2D eigenvalue weighted by Crippen LogP contribution is -2.36. The molecular weight excluding hydrogens is 107 g/mol. The van der Waals surface area contributed by atoms with Crippen molar-refractivity contribution in [1.82, 2.24) is 9.80 Å². The quantitative estimate of drug-likeness (QED) is 0.383. The van der Waals surface area contributed by atoms with Gasteiger partial charge in [0.25, 0.3) is 0 Å². The summed E-state index contributed by atoms with van der Waals surface area (Å²) < 4.78 is 12.5. The molecule has 0 atom stereocenters. The van der Waals surface area contributed by atoms with E-state index in [0.29, 0.717) is 0 Å². The van der Waals surface area contributed by atoms with Crippen molar-refractivity contribution in [3.05, 3.63) is 0 Å². The second-order valence-corrected chi connectivity index (χ2v) is 2.24. The summed E-state index contributed by atoms with van der Waals surface area (Å²) >= 11 is 0. The van der Waals surface area contributed by atoms with Crippen molar-refractivity contribution in [1.29, 1.82) is 0 Å². The number of hydrogen-bond donors (Lipinski definition) is 0. The summed E-state index contributed by atoms with van der Waals surface area (Å²) in [6, 6.07) is 0. The molecule has 0 saturated carbocycles. The van der Waals surface area contributed by atoms with Crippen LogP contribution in [0.15, 0.2) is 0 Å². The fraction of sp³-hybridized carbons (Fsp3) is 1.00. The third-order valence-electron chi connectivity index (χ3n) is 0.852. The van der Waals surface area contributed by atoms with Crippen molar-refractivity contribution in [2.75, 3.05) is 28.2 Å². The zero-order valence-electron chi connectivity index (χ0n) is 5.85. The monoisotopic (exact) mass is 120 g/mol. The summed E-state index contributed by atoms with van der Waals surface area (Å²) in [7, 11) is 6.80. The summed E-state index contributed by atoms with van der Waals surface area (Å²) in [4.78, 5) is 3.00. The van der Waals surface area contributed by atoms with Crippen LogP contribution in [0.1, 0.15) is 0 Å². The van der Waals surface area contributed by atoms with E-state index in [1.54, 1.807) is 28.2 Å². The zero-order valence-corrected chi connectivity index (χ0v) is 5.85. The van der Waals surface area contributed by atoms with Crippen LogP contribution in [0.5, 0.6) is 0 Å². The summed E-state index contributed by atoms with van der Waals surface area (Å²) in [6.45, 7) is 0. The molecule has 8 heavy (non-hydrogen) atoms. The molecule has 0 radical (unpaired) electrons. The Hall–Kier alpha value is -0.150. The molecule has 3 heteroatoms. The maximum Gasteiger partial charge on any atom is 0.209 e. The maximum atomic E-state index is 12.5. The van der Waals surface area contributed by atoms with Gasteiger partial charge in [0.05, 0.1) is 0 Å². The van der Waals surface area contributed by atoms with Gasteiger partial charge in [0, 0.05) is 0 Å². The van der Waals surface area contributed by atoms with Crippen molar-refractivity contribution in [2.45, 2.75) is 6.42 Å². The van der Waals surface area contributed by atoms with Crippen LogP contribution in [-0.2, 0) is 0 Å². The summed E-state index contributed by atoms with van der Waals surface area (Å²) in [5.41, 5.74) is 0. The lowest BCUT2D eigenvalue weighted by atomic mass is 10.7. The van der Waals surface area contributed by atoms with Gasteiger partial charge in [-0.2, -0.15) is 0 Å². The molecule has 0 aromatic rings. The Bertz CT molecular complexity index is 55.4. The molecule has 0 bridgehead atoms. The van der Waals surface area contributed by atoms with Gasteiger partial charge in [-0.15, -0.1) is 0 Å². The number of nitrogens with zero attached hydrogens (tertiary/aromatic N) is 2. The van der Waals surface area contributed by atoms with E-state index in [4.69, 9.17) is 0 Å². The van der Waals surface area contributed by atoms with E-state index < -0.39 is 6.42 Å². The average Bonchev–Trinajstić information content (AvgIpc) is 1.64. The Morgan fingerprint density at radius 1 is 1.00 bits per heavy atom. The summed E-state index contributed by atoms with van der Waals surface area (Å²) in [6.07, 6.45) is -0.963. The van der Waals surface area contributed by atoms with Gasteiger partial charge in [0.15, 0.2) is 0 Å². The first-order valence-corrected chi connectivity index (χ1v) is 2.52. The van der Waals surface area contributed by atoms with Crippen LogP contribution >= 0.6 is 0 Å². The molecule has 0 aliphatic carbocycles. The van der Waals surface area contributed by atoms with E-state index in [-0.39, 0.29) is 0 Å². The maximum absolute atomic E-state index is 12.5. The van der Waals surface area contributed by atoms with E-state index in [1.807, 2.05) is 0 Å². The highest BCUT2D eigenvalue weighted by molar-refractivity contribution is 4.45. The Kier molecular flexibility index (Phi) is 2.94. The zero-order chi connectivity index (χ0) is 6.73. The predicted molar refractivity (Wildman–Crippen MR) is 32.3 cm³/mol. The number of halogens is 1. The fourth-order valence-electron chi connectivity index (χ4n) is 0.462. The van der Waals surface area contributed by atoms with E-state index in [9.17, 15) is 4.39 Å². The molecule has 0 amide bonds. The van der Waals surface area contributed by atoms with Crippen LogP contribution in [0.25, 0.3) is 0 Å². The molecule has 0 saturated heterocycles. The molecule has 0 spiro atoms. The second kappa shape index (κ2) is 2.99. The van der Waals surface area contributed by atoms with Crippen LogP contribution in [0, 0.1) is 0 Å². The molecule has 0 heterocycles. The normalized spacial score (nSPS) is 12.0. The van der Waals surface area contributed by atoms with Gasteiger partial charge < -0.3 is 0 Å². The van der Waals surface area contributed by atoms with Gasteiger partial charge in [0.1, 0.15) is 0 Å². The second-order valence-electron chi connectivity index (χ2n) is 2.24. The van der Waals surface area contributed by atoms with Crippen LogP contribution < -0.4 is 0 Å². The van der Waals surface area contributed by atoms with Gasteiger partial charge in [-0.25, -0.2) is 4.39 Å². The molecular formula is C5H13FN2. The third-order valence-corrected chi connectivity index (χ3v) is 0.852. The Morgan fingerprint density at radius 3 is 1.25 bits per heavy atom. The van der Waals surface area contributed by atoms with E-state index in [1.165, 1.54) is 9.80 Å². The van der Waals surface area contributed by atoms with Crippen LogP contribution in [0.2, 0.25) is 0 Å². The Labute approximate surface area is 49.9 Å². The van der Waals surface area contributed by atoms with Gasteiger partial charge >= 0.3 is 0 Å². The minimum Gasteiger partial charge on any atom is -0.268 e. The van der Waals surface area contributed by atoms with Crippen LogP contribution in [-0.4, -0.2) is 44.4 Å². The molecule has 0 unspecified atom stereocenters. The van der Waals surface area contributed by atoms with Crippen LogP contribution in [0.3, 0.4) is 0 Å². The van der Waals surface area contributed by atoms with E-state index >= 15 is 0 Å². The molecule has 0 N–H and O–H groups in total.